The van der Waals surface area contributed by atoms with Crippen LogP contribution in [0.15, 0.2) is 24.4 Å². The van der Waals surface area contributed by atoms with E-state index in [1.165, 1.54) is 0 Å². The molecule has 1 amide bonds. The second-order valence-electron chi connectivity index (χ2n) is 8.43. The van der Waals surface area contributed by atoms with Crippen LogP contribution in [0.4, 0.5) is 11.8 Å². The Balaban J connectivity index is 1.54. The molecule has 2 atom stereocenters. The molecule has 0 bridgehead atoms. The third-order valence-electron chi connectivity index (χ3n) is 6.21. The van der Waals surface area contributed by atoms with E-state index < -0.39 is 0 Å². The van der Waals surface area contributed by atoms with Gasteiger partial charge in [-0.15, -0.1) is 0 Å². The lowest BCUT2D eigenvalue weighted by Gasteiger charge is -2.24. The number of amides is 1. The molecule has 4 N–H and O–H groups in total. The first-order valence-electron chi connectivity index (χ1n) is 11.4. The fourth-order valence-corrected chi connectivity index (χ4v) is 4.63. The average molecular weight is 475 g/mol. The molecule has 0 radical (unpaired) electrons. The van der Waals surface area contributed by atoms with E-state index >= 15 is 0 Å². The summed E-state index contributed by atoms with van der Waals surface area (Å²) in [6.45, 7) is 2.79. The molecule has 178 valence electrons. The van der Waals surface area contributed by atoms with Crippen molar-refractivity contribution in [2.24, 2.45) is 0 Å². The molecule has 2 aromatic rings. The van der Waals surface area contributed by atoms with Crippen molar-refractivity contribution in [1.29, 1.82) is 0 Å². The monoisotopic (exact) mass is 474 g/mol. The van der Waals surface area contributed by atoms with E-state index in [1.54, 1.807) is 13.3 Å². The van der Waals surface area contributed by atoms with Crippen LogP contribution in [0.3, 0.4) is 0 Å². The summed E-state index contributed by atoms with van der Waals surface area (Å²) in [6, 6.07) is 5.83. The molecule has 2 saturated heterocycles. The number of benzene rings is 1. The van der Waals surface area contributed by atoms with Gasteiger partial charge in [0.25, 0.3) is 5.91 Å². The highest BCUT2D eigenvalue weighted by atomic mass is 35.5. The molecule has 1 aromatic heterocycles. The largest absolute Gasteiger partial charge is 0.495 e. The summed E-state index contributed by atoms with van der Waals surface area (Å²) in [6.07, 6.45) is 5.60. The standard InChI is InChI=1S/C23H31ClN6O3/c1-33-20-7-6-15(10-19(20)24)11-26-21-18(22(32)27-12-16-4-2-8-25-16)13-28-23(29-21)30-9-3-5-17(30)14-31/h6-7,10,13,16-17,25,31H,2-5,8-9,11-12,14H2,1H3,(H,27,32)(H,26,28,29)/t16-,17?/m0/s1. The van der Waals surface area contributed by atoms with Gasteiger partial charge in [-0.3, -0.25) is 4.79 Å². The number of aliphatic hydroxyl groups excluding tert-OH is 1. The SMILES string of the molecule is COc1ccc(CNc2nc(N3CCCC3CO)ncc2C(=O)NC[C@@H]2CCCN2)cc1Cl. The molecular weight excluding hydrogens is 444 g/mol. The quantitative estimate of drug-likeness (QED) is 0.437. The molecule has 1 unspecified atom stereocenters. The number of methoxy groups -OCH3 is 1. The summed E-state index contributed by atoms with van der Waals surface area (Å²) in [5.41, 5.74) is 1.31. The van der Waals surface area contributed by atoms with Gasteiger partial charge in [0.1, 0.15) is 17.1 Å². The Morgan fingerprint density at radius 3 is 2.97 bits per heavy atom. The lowest BCUT2D eigenvalue weighted by molar-refractivity contribution is 0.0950. The van der Waals surface area contributed by atoms with E-state index in [0.29, 0.717) is 47.2 Å². The lowest BCUT2D eigenvalue weighted by atomic mass is 10.2. The highest BCUT2D eigenvalue weighted by molar-refractivity contribution is 6.32. The second kappa shape index (κ2) is 11.0. The van der Waals surface area contributed by atoms with Gasteiger partial charge in [0, 0.05) is 31.9 Å². The molecule has 1 aromatic carbocycles. The fraction of sp³-hybridized carbons (Fsp3) is 0.522. The van der Waals surface area contributed by atoms with Crippen molar-refractivity contribution in [2.45, 2.75) is 44.3 Å². The van der Waals surface area contributed by atoms with Crippen LogP contribution in [-0.2, 0) is 6.54 Å². The lowest BCUT2D eigenvalue weighted by Crippen LogP contribution is -2.38. The van der Waals surface area contributed by atoms with Gasteiger partial charge >= 0.3 is 0 Å². The highest BCUT2D eigenvalue weighted by Crippen LogP contribution is 2.27. The van der Waals surface area contributed by atoms with Crippen LogP contribution in [-0.4, -0.2) is 66.4 Å². The molecule has 0 saturated carbocycles. The zero-order valence-corrected chi connectivity index (χ0v) is 19.6. The number of carbonyl (C=O) groups is 1. The maximum absolute atomic E-state index is 13.0. The van der Waals surface area contributed by atoms with Gasteiger partial charge in [-0.05, 0) is 49.9 Å². The van der Waals surface area contributed by atoms with Crippen LogP contribution >= 0.6 is 11.6 Å². The minimum absolute atomic E-state index is 0.00800. The predicted molar refractivity (Wildman–Crippen MR) is 128 cm³/mol. The summed E-state index contributed by atoms with van der Waals surface area (Å²) in [7, 11) is 1.57. The number of anilines is 2. The molecule has 0 spiro atoms. The maximum Gasteiger partial charge on any atom is 0.256 e. The number of hydrogen-bond acceptors (Lipinski definition) is 8. The van der Waals surface area contributed by atoms with Crippen LogP contribution in [0.2, 0.25) is 5.02 Å². The van der Waals surface area contributed by atoms with Crippen molar-refractivity contribution in [3.63, 3.8) is 0 Å². The molecular formula is C23H31ClN6O3. The number of aliphatic hydroxyl groups is 1. The van der Waals surface area contributed by atoms with Crippen LogP contribution in [0.25, 0.3) is 0 Å². The molecule has 2 aliphatic heterocycles. The third kappa shape index (κ3) is 5.66. The Morgan fingerprint density at radius 2 is 2.24 bits per heavy atom. The maximum atomic E-state index is 13.0. The number of halogens is 1. The van der Waals surface area contributed by atoms with E-state index in [1.807, 2.05) is 23.1 Å². The summed E-state index contributed by atoms with van der Waals surface area (Å²) < 4.78 is 5.22. The zero-order valence-electron chi connectivity index (χ0n) is 18.8. The summed E-state index contributed by atoms with van der Waals surface area (Å²) in [5, 5.41) is 19.9. The Morgan fingerprint density at radius 1 is 1.36 bits per heavy atom. The highest BCUT2D eigenvalue weighted by Gasteiger charge is 2.27. The van der Waals surface area contributed by atoms with Crippen LogP contribution in [0.5, 0.6) is 5.75 Å². The summed E-state index contributed by atoms with van der Waals surface area (Å²) in [4.78, 5) is 24.1. The second-order valence-corrected chi connectivity index (χ2v) is 8.84. The minimum Gasteiger partial charge on any atom is -0.495 e. The van der Waals surface area contributed by atoms with Crippen molar-refractivity contribution < 1.29 is 14.6 Å². The van der Waals surface area contributed by atoms with Gasteiger partial charge in [0.15, 0.2) is 0 Å². The molecule has 4 rings (SSSR count). The molecule has 9 nitrogen and oxygen atoms in total. The normalized spacial score (nSPS) is 20.2. The predicted octanol–water partition coefficient (Wildman–Crippen LogP) is 2.19. The first kappa shape index (κ1) is 23.5. The number of rotatable bonds is 9. The minimum atomic E-state index is -0.217. The molecule has 0 aliphatic carbocycles. The van der Waals surface area contributed by atoms with Crippen molar-refractivity contribution in [2.75, 3.05) is 43.6 Å². The van der Waals surface area contributed by atoms with Gasteiger partial charge < -0.3 is 30.7 Å². The number of hydrogen-bond donors (Lipinski definition) is 4. The van der Waals surface area contributed by atoms with Gasteiger partial charge in [-0.2, -0.15) is 4.98 Å². The average Bonchev–Trinajstić information content (AvgIpc) is 3.53. The number of nitrogens with zero attached hydrogens (tertiary/aromatic N) is 3. The topological polar surface area (TPSA) is 112 Å². The van der Waals surface area contributed by atoms with Gasteiger partial charge in [0.2, 0.25) is 5.95 Å². The molecule has 2 aliphatic rings. The molecule has 33 heavy (non-hydrogen) atoms. The van der Waals surface area contributed by atoms with E-state index in [4.69, 9.17) is 16.3 Å². The third-order valence-corrected chi connectivity index (χ3v) is 6.51. The zero-order chi connectivity index (χ0) is 23.2. The van der Waals surface area contributed by atoms with Crippen molar-refractivity contribution >= 4 is 29.3 Å². The number of nitrogens with one attached hydrogen (secondary N) is 3. The Bertz CT molecular complexity index is 969. The van der Waals surface area contributed by atoms with Crippen molar-refractivity contribution in [1.82, 2.24) is 20.6 Å². The smallest absolute Gasteiger partial charge is 0.256 e. The van der Waals surface area contributed by atoms with Gasteiger partial charge in [-0.25, -0.2) is 4.98 Å². The molecule has 10 heteroatoms. The van der Waals surface area contributed by atoms with Gasteiger partial charge in [-0.1, -0.05) is 17.7 Å². The van der Waals surface area contributed by atoms with Crippen molar-refractivity contribution in [3.8, 4) is 5.75 Å². The number of ether oxygens (including phenoxy) is 1. The molecule has 2 fully saturated rings. The van der Waals surface area contributed by atoms with Crippen LogP contribution < -0.4 is 25.6 Å². The van der Waals surface area contributed by atoms with E-state index in [2.05, 4.69) is 25.9 Å². The first-order chi connectivity index (χ1) is 16.1. The Hall–Kier alpha value is -2.62. The fourth-order valence-electron chi connectivity index (χ4n) is 4.35. The van der Waals surface area contributed by atoms with Crippen LogP contribution in [0.1, 0.15) is 41.6 Å². The first-order valence-corrected chi connectivity index (χ1v) is 11.8. The van der Waals surface area contributed by atoms with Gasteiger partial charge in [0.05, 0.1) is 24.8 Å². The number of carbonyl (C=O) groups excluding carboxylic acids is 1. The van der Waals surface area contributed by atoms with E-state index in [9.17, 15) is 9.90 Å². The van der Waals surface area contributed by atoms with E-state index in [-0.39, 0.29) is 18.6 Å². The molecule has 3 heterocycles. The Labute approximate surface area is 198 Å². The number of aromatic nitrogens is 2. The summed E-state index contributed by atoms with van der Waals surface area (Å²) >= 11 is 6.26. The van der Waals surface area contributed by atoms with E-state index in [0.717, 1.165) is 44.3 Å². The van der Waals surface area contributed by atoms with Crippen molar-refractivity contribution in [3.05, 3.63) is 40.5 Å². The van der Waals surface area contributed by atoms with Crippen LogP contribution in [0, 0.1) is 0 Å². The summed E-state index contributed by atoms with van der Waals surface area (Å²) in [5.74, 6) is 1.35. The Kier molecular flexibility index (Phi) is 7.85.